The number of phenolic OH excluding ortho intramolecular Hbond substituents is 2. The second kappa shape index (κ2) is 52.0. The maximum atomic E-state index is 14.4. The van der Waals surface area contributed by atoms with Crippen LogP contribution in [-0.4, -0.2) is 219 Å². The van der Waals surface area contributed by atoms with Gasteiger partial charge in [0.15, 0.2) is 25.1 Å². The van der Waals surface area contributed by atoms with Crippen LogP contribution < -0.4 is 85.9 Å². The van der Waals surface area contributed by atoms with E-state index in [1.165, 1.54) is 36.7 Å². The lowest BCUT2D eigenvalue weighted by atomic mass is 10.0. The van der Waals surface area contributed by atoms with Gasteiger partial charge in [-0.1, -0.05) is 120 Å². The number of aldehydes is 2. The highest BCUT2D eigenvalue weighted by atomic mass is 16.6. The van der Waals surface area contributed by atoms with Crippen LogP contribution >= 0.6 is 0 Å². The van der Waals surface area contributed by atoms with Gasteiger partial charge in [-0.15, -0.1) is 0 Å². The van der Waals surface area contributed by atoms with E-state index in [2.05, 4.69) is 84.7 Å². The molecule has 6 aromatic rings. The minimum atomic E-state index is -1.35. The molecule has 6 aromatic carbocycles. The van der Waals surface area contributed by atoms with Crippen LogP contribution in [0, 0.1) is 10.8 Å². The van der Waals surface area contributed by atoms with Crippen molar-refractivity contribution in [3.8, 4) is 11.5 Å². The zero-order valence-electron chi connectivity index (χ0n) is 67.5. The summed E-state index contributed by atoms with van der Waals surface area (Å²) in [6, 6.07) is 27.7. The maximum Gasteiger partial charge on any atom is 0.260 e. The first-order valence-electron chi connectivity index (χ1n) is 40.1. The number of hydrogen-bond acceptors (Lipinski definition) is 22. The zero-order valence-corrected chi connectivity index (χ0v) is 67.5. The Bertz CT molecular complexity index is 4340. The molecule has 2 aliphatic heterocycles. The van der Waals surface area contributed by atoms with E-state index in [4.69, 9.17) is 32.0 Å². The fourth-order valence-corrected chi connectivity index (χ4v) is 12.8. The highest BCUT2D eigenvalue weighted by molar-refractivity contribution is 6.00. The Morgan fingerprint density at radius 1 is 0.377 bits per heavy atom. The van der Waals surface area contributed by atoms with Crippen molar-refractivity contribution in [3.63, 3.8) is 0 Å². The number of carbonyl (C=O) groups excluding carboxylic acids is 14. The van der Waals surface area contributed by atoms with E-state index >= 15 is 0 Å². The van der Waals surface area contributed by atoms with Crippen molar-refractivity contribution >= 4 is 129 Å². The number of guanidine groups is 2. The van der Waals surface area contributed by atoms with Crippen molar-refractivity contribution in [3.05, 3.63) is 156 Å². The summed E-state index contributed by atoms with van der Waals surface area (Å²) in [5, 5.41) is 84.0. The van der Waals surface area contributed by atoms with Crippen LogP contribution in [0.3, 0.4) is 0 Å². The van der Waals surface area contributed by atoms with Gasteiger partial charge in [0.1, 0.15) is 72.4 Å². The van der Waals surface area contributed by atoms with Gasteiger partial charge in [-0.25, -0.2) is 0 Å². The molecule has 38 nitrogen and oxygen atoms in total. The predicted octanol–water partition coefficient (Wildman–Crippen LogP) is -0.138. The third-order valence-corrected chi connectivity index (χ3v) is 19.2. The number of amides is 12. The molecule has 12 amide bonds. The van der Waals surface area contributed by atoms with Gasteiger partial charge in [-0.3, -0.25) is 68.4 Å². The number of hydrogen-bond donors (Lipinski definition) is 20. The lowest BCUT2D eigenvalue weighted by molar-refractivity contribution is -0.134. The van der Waals surface area contributed by atoms with Gasteiger partial charge < -0.3 is 115 Å². The summed E-state index contributed by atoms with van der Waals surface area (Å²) in [6.45, 7) is -1.89. The van der Waals surface area contributed by atoms with Crippen LogP contribution in [0.15, 0.2) is 144 Å². The monoisotopic (exact) mass is 1680 g/mol. The molecule has 38 heteroatoms. The minimum absolute atomic E-state index is 0.00987. The van der Waals surface area contributed by atoms with Crippen LogP contribution in [0.25, 0.3) is 21.5 Å². The Labute approximate surface area is 703 Å². The molecule has 2 fully saturated rings. The highest BCUT2D eigenvalue weighted by Gasteiger charge is 2.36. The normalized spacial score (nSPS) is 19.0. The van der Waals surface area contributed by atoms with Crippen LogP contribution in [0.2, 0.25) is 0 Å². The molecule has 0 unspecified atom stereocenters. The number of carbonyl (C=O) groups is 14. The molecular formula is C84H108N20O18. The fraction of sp³-hybridized carbons (Fsp3) is 0.405. The average molecular weight is 1690 g/mol. The summed E-state index contributed by atoms with van der Waals surface area (Å²) in [4.78, 5) is 196. The van der Waals surface area contributed by atoms with E-state index in [9.17, 15) is 77.3 Å². The Morgan fingerprint density at radius 3 is 1.02 bits per heavy atom. The molecule has 8 rings (SSSR count). The zero-order chi connectivity index (χ0) is 88.0. The number of oxime groups is 2. The smallest absolute Gasteiger partial charge is 0.260 e. The number of benzene rings is 6. The van der Waals surface area contributed by atoms with E-state index in [0.29, 0.717) is 60.8 Å². The van der Waals surface area contributed by atoms with Crippen LogP contribution in [-0.2, 0) is 102 Å². The van der Waals surface area contributed by atoms with Crippen LogP contribution in [0.5, 0.6) is 11.5 Å². The molecule has 652 valence electrons. The minimum Gasteiger partial charge on any atom is -0.508 e. The molecule has 0 aliphatic carbocycles. The fourth-order valence-electron chi connectivity index (χ4n) is 12.8. The summed E-state index contributed by atoms with van der Waals surface area (Å²) in [7, 11) is 0. The maximum absolute atomic E-state index is 14.4. The van der Waals surface area contributed by atoms with Gasteiger partial charge in [0.2, 0.25) is 59.1 Å². The van der Waals surface area contributed by atoms with E-state index in [1.54, 1.807) is 24.3 Å². The van der Waals surface area contributed by atoms with Gasteiger partial charge in [-0.05, 0) is 145 Å². The molecule has 2 saturated heterocycles. The van der Waals surface area contributed by atoms with Crippen molar-refractivity contribution in [2.75, 3.05) is 52.5 Å². The number of phenols is 2. The van der Waals surface area contributed by atoms with E-state index in [-0.39, 0.29) is 127 Å². The predicted molar refractivity (Wildman–Crippen MR) is 452 cm³/mol. The molecule has 22 N–H and O–H groups in total. The van der Waals surface area contributed by atoms with Crippen molar-refractivity contribution < 1.29 is 87.0 Å². The van der Waals surface area contributed by atoms with Crippen molar-refractivity contribution in [1.82, 2.24) is 74.4 Å². The number of rotatable bonds is 38. The molecule has 2 heterocycles. The molecule has 0 aromatic heterocycles. The highest BCUT2D eigenvalue weighted by Crippen LogP contribution is 2.21. The second-order valence-electron chi connectivity index (χ2n) is 28.8. The van der Waals surface area contributed by atoms with Crippen LogP contribution in [0.4, 0.5) is 0 Å². The number of nitrogens with one attached hydrogen (secondary N) is 16. The van der Waals surface area contributed by atoms with Gasteiger partial charge in [-0.2, -0.15) is 0 Å². The number of nitrogens with two attached hydrogens (primary N) is 2. The van der Waals surface area contributed by atoms with E-state index in [0.717, 1.165) is 34.1 Å². The molecule has 0 saturated carbocycles. The van der Waals surface area contributed by atoms with E-state index < -0.39 is 146 Å². The standard InChI is InChI=1S/C79H100N20O16.C5H8O2/c80-78(81)86-34-10-18-60-74(110)98-62(42-50-20-26-52-12-2-4-14-54(52)38-50)70(106)88-44-66(102)92-64(40-48-22-28-56(100)29-23-48)76(112)96-58(72(108)94-60)16-8-32-84-68(104)46-114-90-36-6-1-7-37-91-115-47-69(105)85-33-9-17-59-73(109)95-61(19-11-35-87-79(82)83)75(111)99-63(43-51-21-27-53-13-3-5-15-55(53)39-51)71(107)89-45-67(103)93-65(77(113)97-59)41-49-24-30-57(101)31-25-49;6-4-2-1-3-5-7/h2-5,12-15,20-31,36-39,58-65,100-101H,1,6-11,16-19,32-35,40-47H2,(H,84,104)(H,85,105)(H,88,106)(H,89,107)(H,92,102)(H,93,103)(H,94,108)(H,95,109)(H,96,112)(H,97,113)(H,98,110)(H,99,111)(H4,80,81,86)(H4,82,83,87);4-5H,1-3H2/b90-36+,91-37+;/t58-,59-,60-,61-,62-,63-,64+,65+;/m0./s1. The first-order chi connectivity index (χ1) is 58.8. The van der Waals surface area contributed by atoms with Crippen molar-refractivity contribution in [2.24, 2.45) is 21.8 Å². The lowest BCUT2D eigenvalue weighted by Gasteiger charge is -2.26. The molecule has 122 heavy (non-hydrogen) atoms. The van der Waals surface area contributed by atoms with Gasteiger partial charge in [0.05, 0.1) is 13.1 Å². The topological polar surface area (TPSA) is 591 Å². The van der Waals surface area contributed by atoms with Gasteiger partial charge in [0.25, 0.3) is 11.8 Å². The quantitative estimate of drug-likeness (QED) is 0.00789. The number of aromatic hydroxyl groups is 2. The van der Waals surface area contributed by atoms with Crippen molar-refractivity contribution in [2.45, 2.75) is 164 Å². The molecule has 0 radical (unpaired) electrons. The Balaban J connectivity index is 0.00000280. The molecule has 2 aliphatic rings. The number of nitrogens with zero attached hydrogens (tertiary/aromatic N) is 2. The first-order valence-corrected chi connectivity index (χ1v) is 40.1. The summed E-state index contributed by atoms with van der Waals surface area (Å²) >= 11 is 0. The van der Waals surface area contributed by atoms with Gasteiger partial charge >= 0.3 is 0 Å². The largest absolute Gasteiger partial charge is 0.508 e. The third-order valence-electron chi connectivity index (χ3n) is 19.2. The first kappa shape index (κ1) is 95.0. The number of unbranched alkanes of at least 4 members (excludes halogenated alkanes) is 4. The summed E-state index contributed by atoms with van der Waals surface area (Å²) in [6.07, 6.45) is 7.70. The Hall–Kier alpha value is -14.1. The Morgan fingerprint density at radius 2 is 0.672 bits per heavy atom. The van der Waals surface area contributed by atoms with E-state index in [1.807, 2.05) is 84.9 Å². The lowest BCUT2D eigenvalue weighted by Crippen LogP contribution is -2.58. The average Bonchev–Trinajstić information content (AvgIpc) is 1.02. The molecule has 0 bridgehead atoms. The van der Waals surface area contributed by atoms with Gasteiger partial charge in [0, 0.05) is 77.1 Å². The SMILES string of the molecule is N=C(N)NCCC[C@@H]1NC(=O)[C@H](CCCNC(=O)CO/N=C/CCC/C=N/OCC(=O)NCCC[C@@H]2NC(=O)[C@@H](Cc3ccc(O)cc3)NC(=O)CNC(=O)[C@H](Cc3ccc4ccccc4c3)NC(=O)[C@H](CCCNC(=N)N)NC2=O)NC(=O)[C@@H](Cc2ccc(O)cc2)NC(=O)CNC(=O)[C@H](Cc2ccc3ccccc3c2)NC1=O.O=CCCCC=O. The van der Waals surface area contributed by atoms with Crippen LogP contribution in [0.1, 0.15) is 112 Å². The Kier molecular flexibility index (Phi) is 40.5. The van der Waals surface area contributed by atoms with Crippen molar-refractivity contribution in [1.29, 1.82) is 10.8 Å². The number of fused-ring (bicyclic) bond motifs is 2. The summed E-state index contributed by atoms with van der Waals surface area (Å²) in [5.74, 6) is -9.50. The molecule has 8 atom stereocenters. The molecular weight excluding hydrogens is 1580 g/mol. The molecule has 0 spiro atoms. The second-order valence-corrected chi connectivity index (χ2v) is 28.8. The third kappa shape index (κ3) is 35.2. The summed E-state index contributed by atoms with van der Waals surface area (Å²) in [5.41, 5.74) is 13.4. The summed E-state index contributed by atoms with van der Waals surface area (Å²) < 4.78 is 0.